The Morgan fingerprint density at radius 3 is 2.25 bits per heavy atom. The highest BCUT2D eigenvalue weighted by molar-refractivity contribution is 7.89. The van der Waals surface area contributed by atoms with Crippen molar-refractivity contribution in [1.29, 1.82) is 0 Å². The molecule has 0 aromatic carbocycles. The van der Waals surface area contributed by atoms with E-state index < -0.39 is 15.3 Å². The molecule has 2 atom stereocenters. The molecule has 1 aromatic rings. The Bertz CT molecular complexity index is 442. The summed E-state index contributed by atoms with van der Waals surface area (Å²) >= 11 is 0. The Balaban J connectivity index is 3.00. The molecule has 0 unspecified atom stereocenters. The molecule has 0 radical (unpaired) electrons. The van der Waals surface area contributed by atoms with Gasteiger partial charge < -0.3 is 0 Å². The molecule has 2 N–H and O–H groups in total. The first kappa shape index (κ1) is 13.1. The van der Waals surface area contributed by atoms with E-state index in [4.69, 9.17) is 5.14 Å². The van der Waals surface area contributed by atoms with Crippen molar-refractivity contribution in [3.63, 3.8) is 0 Å². The van der Waals surface area contributed by atoms with Gasteiger partial charge in [0.25, 0.3) is 0 Å². The highest BCUT2D eigenvalue weighted by Gasteiger charge is 2.28. The van der Waals surface area contributed by atoms with E-state index in [0.717, 1.165) is 5.56 Å². The lowest BCUT2D eigenvalue weighted by molar-refractivity contribution is 0.547. The molecule has 1 heterocycles. The van der Waals surface area contributed by atoms with Crippen LogP contribution in [0.15, 0.2) is 12.4 Å². The average molecular weight is 243 g/mol. The third-order valence-corrected chi connectivity index (χ3v) is 4.18. The van der Waals surface area contributed by atoms with Crippen LogP contribution in [-0.4, -0.2) is 23.6 Å². The predicted molar refractivity (Wildman–Crippen MR) is 62.4 cm³/mol. The maximum absolute atomic E-state index is 11.4. The molecule has 1 aromatic heterocycles. The Hall–Kier alpha value is -1.01. The SMILES string of the molecule is CC[C@@H]([C@H](C)c1ncc(C)cn1)S(N)(=O)=O. The van der Waals surface area contributed by atoms with Gasteiger partial charge in [-0.1, -0.05) is 13.8 Å². The Kier molecular flexibility index (Phi) is 3.98. The number of hydrogen-bond acceptors (Lipinski definition) is 4. The largest absolute Gasteiger partial charge is 0.241 e. The van der Waals surface area contributed by atoms with Gasteiger partial charge >= 0.3 is 0 Å². The zero-order valence-electron chi connectivity index (χ0n) is 9.71. The first-order valence-corrected chi connectivity index (χ1v) is 6.77. The highest BCUT2D eigenvalue weighted by Crippen LogP contribution is 2.22. The number of aromatic nitrogens is 2. The number of aryl methyl sites for hydroxylation is 1. The monoisotopic (exact) mass is 243 g/mol. The Morgan fingerprint density at radius 2 is 1.88 bits per heavy atom. The van der Waals surface area contributed by atoms with E-state index >= 15 is 0 Å². The van der Waals surface area contributed by atoms with Crippen LogP contribution in [0.5, 0.6) is 0 Å². The molecule has 0 saturated carbocycles. The van der Waals surface area contributed by atoms with Gasteiger partial charge in [-0.15, -0.1) is 0 Å². The third kappa shape index (κ3) is 2.99. The first-order valence-electron chi connectivity index (χ1n) is 5.16. The molecular weight excluding hydrogens is 226 g/mol. The molecule has 0 fully saturated rings. The van der Waals surface area contributed by atoms with E-state index in [1.54, 1.807) is 26.2 Å². The minimum absolute atomic E-state index is 0.291. The number of primary sulfonamides is 1. The van der Waals surface area contributed by atoms with Crippen LogP contribution in [-0.2, 0) is 10.0 Å². The van der Waals surface area contributed by atoms with Crippen LogP contribution in [0.25, 0.3) is 0 Å². The molecule has 0 amide bonds. The molecule has 0 aliphatic rings. The van der Waals surface area contributed by atoms with Crippen molar-refractivity contribution in [1.82, 2.24) is 9.97 Å². The molecule has 0 spiro atoms. The van der Waals surface area contributed by atoms with E-state index in [1.165, 1.54) is 0 Å². The molecule has 1 rings (SSSR count). The topological polar surface area (TPSA) is 85.9 Å². The van der Waals surface area contributed by atoms with Gasteiger partial charge in [0, 0.05) is 18.3 Å². The van der Waals surface area contributed by atoms with E-state index in [-0.39, 0.29) is 5.92 Å². The minimum atomic E-state index is -3.55. The van der Waals surface area contributed by atoms with Gasteiger partial charge in [-0.2, -0.15) is 0 Å². The maximum Gasteiger partial charge on any atom is 0.212 e. The van der Waals surface area contributed by atoms with Gasteiger partial charge in [0.1, 0.15) is 5.82 Å². The summed E-state index contributed by atoms with van der Waals surface area (Å²) in [5, 5.41) is 4.55. The average Bonchev–Trinajstić information content (AvgIpc) is 2.17. The van der Waals surface area contributed by atoms with Crippen LogP contribution in [0.3, 0.4) is 0 Å². The molecule has 16 heavy (non-hydrogen) atoms. The van der Waals surface area contributed by atoms with Crippen LogP contribution in [0.4, 0.5) is 0 Å². The van der Waals surface area contributed by atoms with Gasteiger partial charge in [0.05, 0.1) is 5.25 Å². The third-order valence-electron chi connectivity index (χ3n) is 2.59. The molecule has 0 bridgehead atoms. The summed E-state index contributed by atoms with van der Waals surface area (Å²) in [5.74, 6) is 0.229. The number of rotatable bonds is 4. The fraction of sp³-hybridized carbons (Fsp3) is 0.600. The fourth-order valence-electron chi connectivity index (χ4n) is 1.67. The van der Waals surface area contributed by atoms with Crippen LogP contribution < -0.4 is 5.14 Å². The van der Waals surface area contributed by atoms with E-state index in [1.807, 2.05) is 6.92 Å². The molecular formula is C10H17N3O2S. The van der Waals surface area contributed by atoms with Crippen LogP contribution in [0.1, 0.15) is 37.6 Å². The van der Waals surface area contributed by atoms with Gasteiger partial charge in [-0.25, -0.2) is 23.5 Å². The summed E-state index contributed by atoms with van der Waals surface area (Å²) in [6.45, 7) is 5.45. The summed E-state index contributed by atoms with van der Waals surface area (Å²) in [5.41, 5.74) is 0.944. The highest BCUT2D eigenvalue weighted by atomic mass is 32.2. The molecule has 0 saturated heterocycles. The summed E-state index contributed by atoms with van der Waals surface area (Å²) in [6, 6.07) is 0. The van der Waals surface area contributed by atoms with Crippen molar-refractivity contribution < 1.29 is 8.42 Å². The van der Waals surface area contributed by atoms with Crippen molar-refractivity contribution >= 4 is 10.0 Å². The van der Waals surface area contributed by atoms with Crippen molar-refractivity contribution in [3.05, 3.63) is 23.8 Å². The molecule has 0 aliphatic heterocycles. The van der Waals surface area contributed by atoms with Gasteiger partial charge in [-0.3, -0.25) is 0 Å². The molecule has 90 valence electrons. The Morgan fingerprint density at radius 1 is 1.38 bits per heavy atom. The number of nitrogens with two attached hydrogens (primary N) is 1. The lowest BCUT2D eigenvalue weighted by Crippen LogP contribution is -2.33. The summed E-state index contributed by atoms with van der Waals surface area (Å²) in [7, 11) is -3.55. The second-order valence-corrected chi connectivity index (χ2v) is 5.73. The zero-order chi connectivity index (χ0) is 12.3. The fourth-order valence-corrected chi connectivity index (χ4v) is 2.83. The lowest BCUT2D eigenvalue weighted by atomic mass is 10.0. The smallest absolute Gasteiger partial charge is 0.212 e. The predicted octanol–water partition coefficient (Wildman–Crippen LogP) is 0.956. The molecule has 5 nitrogen and oxygen atoms in total. The molecule has 0 aliphatic carbocycles. The second-order valence-electron chi connectivity index (χ2n) is 3.94. The van der Waals surface area contributed by atoms with Crippen LogP contribution in [0.2, 0.25) is 0 Å². The van der Waals surface area contributed by atoms with Crippen molar-refractivity contribution in [2.24, 2.45) is 5.14 Å². The van der Waals surface area contributed by atoms with Crippen molar-refractivity contribution in [2.45, 2.75) is 38.4 Å². The van der Waals surface area contributed by atoms with E-state index in [2.05, 4.69) is 9.97 Å². The van der Waals surface area contributed by atoms with Crippen molar-refractivity contribution in [2.75, 3.05) is 0 Å². The standard InChI is InChI=1S/C10H17N3O2S/c1-4-9(16(11,14)15)8(3)10-12-5-7(2)6-13-10/h5-6,8-9H,4H2,1-3H3,(H2,11,14,15)/t8-,9-/m0/s1. The zero-order valence-corrected chi connectivity index (χ0v) is 10.5. The summed E-state index contributed by atoms with van der Waals surface area (Å²) in [6.07, 6.45) is 3.81. The minimum Gasteiger partial charge on any atom is -0.241 e. The Labute approximate surface area is 96.2 Å². The lowest BCUT2D eigenvalue weighted by Gasteiger charge is -2.19. The number of hydrogen-bond donors (Lipinski definition) is 1. The van der Waals surface area contributed by atoms with Crippen LogP contribution >= 0.6 is 0 Å². The number of sulfonamides is 1. The van der Waals surface area contributed by atoms with Gasteiger partial charge in [0.15, 0.2) is 0 Å². The quantitative estimate of drug-likeness (QED) is 0.853. The normalized spacial score (nSPS) is 15.8. The first-order chi connectivity index (χ1) is 7.36. The molecule has 6 heteroatoms. The van der Waals surface area contributed by atoms with E-state index in [9.17, 15) is 8.42 Å². The van der Waals surface area contributed by atoms with Crippen molar-refractivity contribution in [3.8, 4) is 0 Å². The second kappa shape index (κ2) is 4.88. The van der Waals surface area contributed by atoms with E-state index in [0.29, 0.717) is 12.2 Å². The van der Waals surface area contributed by atoms with Gasteiger partial charge in [-0.05, 0) is 18.9 Å². The van der Waals surface area contributed by atoms with Gasteiger partial charge in [0.2, 0.25) is 10.0 Å². The van der Waals surface area contributed by atoms with Crippen LogP contribution in [0, 0.1) is 6.92 Å². The summed E-state index contributed by atoms with van der Waals surface area (Å²) < 4.78 is 22.7. The number of nitrogens with zero attached hydrogens (tertiary/aromatic N) is 2. The summed E-state index contributed by atoms with van der Waals surface area (Å²) in [4.78, 5) is 8.26. The maximum atomic E-state index is 11.4.